The Morgan fingerprint density at radius 1 is 1.03 bits per heavy atom. The van der Waals surface area contributed by atoms with Crippen LogP contribution in [0, 0.1) is 10.1 Å². The van der Waals surface area contributed by atoms with Gasteiger partial charge in [0.05, 0.1) is 19.1 Å². The van der Waals surface area contributed by atoms with Crippen molar-refractivity contribution in [1.29, 1.82) is 0 Å². The van der Waals surface area contributed by atoms with Crippen molar-refractivity contribution < 1.29 is 23.8 Å². The molecule has 0 bridgehead atoms. The zero-order chi connectivity index (χ0) is 22.0. The maximum absolute atomic E-state index is 12.8. The molecule has 0 N–H and O–H groups in total. The number of fused-ring (bicyclic) bond motifs is 1. The number of non-ortho nitro benzene ring substituents is 1. The predicted molar refractivity (Wildman–Crippen MR) is 114 cm³/mol. The minimum Gasteiger partial charge on any atom is -0.493 e. The van der Waals surface area contributed by atoms with Crippen molar-refractivity contribution in [2.75, 3.05) is 14.2 Å². The van der Waals surface area contributed by atoms with Crippen molar-refractivity contribution in [3.8, 4) is 11.5 Å². The summed E-state index contributed by atoms with van der Waals surface area (Å²) in [6.45, 7) is 0.596. The summed E-state index contributed by atoms with van der Waals surface area (Å²) in [6.07, 6.45) is 6.29. The number of nitro benzene ring substituents is 1. The van der Waals surface area contributed by atoms with Gasteiger partial charge >= 0.3 is 0 Å². The highest BCUT2D eigenvalue weighted by atomic mass is 16.6. The number of carbonyl (C=O) groups is 1. The molecule has 0 radical (unpaired) electrons. The predicted octanol–water partition coefficient (Wildman–Crippen LogP) is 3.77. The number of ketones is 1. The first-order chi connectivity index (χ1) is 15.0. The molecule has 1 aliphatic carbocycles. The third-order valence-electron chi connectivity index (χ3n) is 5.30. The van der Waals surface area contributed by atoms with Crippen LogP contribution in [0.4, 0.5) is 5.69 Å². The molecule has 31 heavy (non-hydrogen) atoms. The molecule has 7 nitrogen and oxygen atoms in total. The van der Waals surface area contributed by atoms with Gasteiger partial charge in [0.15, 0.2) is 36.2 Å². The van der Waals surface area contributed by atoms with Gasteiger partial charge in [-0.2, -0.15) is 0 Å². The van der Waals surface area contributed by atoms with Gasteiger partial charge in [-0.25, -0.2) is 4.57 Å². The van der Waals surface area contributed by atoms with Gasteiger partial charge in [0.25, 0.3) is 5.69 Å². The van der Waals surface area contributed by atoms with Crippen molar-refractivity contribution >= 4 is 17.5 Å². The van der Waals surface area contributed by atoms with Gasteiger partial charge in [-0.1, -0.05) is 0 Å². The smallest absolute Gasteiger partial charge is 0.269 e. The van der Waals surface area contributed by atoms with Crippen LogP contribution in [0.2, 0.25) is 0 Å². The maximum atomic E-state index is 12.8. The molecule has 1 aliphatic rings. The third-order valence-corrected chi connectivity index (χ3v) is 5.30. The van der Waals surface area contributed by atoms with E-state index in [9.17, 15) is 14.9 Å². The summed E-state index contributed by atoms with van der Waals surface area (Å²) in [5, 5.41) is 10.8. The van der Waals surface area contributed by atoms with Crippen LogP contribution in [0.1, 0.15) is 27.0 Å². The number of ether oxygens (including phenoxy) is 2. The summed E-state index contributed by atoms with van der Waals surface area (Å²) in [5.41, 5.74) is 4.26. The monoisotopic (exact) mass is 417 g/mol. The fraction of sp³-hybridized carbons (Fsp3) is 0.167. The lowest BCUT2D eigenvalue weighted by Crippen LogP contribution is -2.33. The van der Waals surface area contributed by atoms with Crippen LogP contribution in [-0.4, -0.2) is 24.9 Å². The molecule has 0 atom stereocenters. The van der Waals surface area contributed by atoms with Crippen molar-refractivity contribution in [2.24, 2.45) is 0 Å². The number of Topliss-reactive ketones (excluding diaryl/α,β-unsaturated/α-hetero) is 1. The van der Waals surface area contributed by atoms with Gasteiger partial charge in [-0.3, -0.25) is 14.9 Å². The van der Waals surface area contributed by atoms with E-state index in [1.165, 1.54) is 12.1 Å². The molecule has 3 aromatic rings. The SMILES string of the molecule is COc1cc2c(cc1OC)C(=O)C(=Cc1cc[n+](Cc3ccc([N+](=O)[O-])cc3)cc1)C2. The number of nitro groups is 1. The number of allylic oxidation sites excluding steroid dienone is 1. The van der Waals surface area contributed by atoms with E-state index in [0.717, 1.165) is 22.3 Å². The van der Waals surface area contributed by atoms with E-state index >= 15 is 0 Å². The molecule has 156 valence electrons. The quantitative estimate of drug-likeness (QED) is 0.264. The molecule has 2 aromatic carbocycles. The average Bonchev–Trinajstić information content (AvgIpc) is 3.08. The molecule has 0 saturated heterocycles. The first kappa shape index (κ1) is 20.3. The first-order valence-electron chi connectivity index (χ1n) is 9.71. The highest BCUT2D eigenvalue weighted by molar-refractivity contribution is 6.15. The summed E-state index contributed by atoms with van der Waals surface area (Å²) in [4.78, 5) is 23.2. The molecule has 7 heteroatoms. The molecule has 0 unspecified atom stereocenters. The summed E-state index contributed by atoms with van der Waals surface area (Å²) >= 11 is 0. The Morgan fingerprint density at radius 3 is 2.29 bits per heavy atom. The molecule has 0 fully saturated rings. The Labute approximate surface area is 179 Å². The minimum absolute atomic E-state index is 0.00133. The lowest BCUT2D eigenvalue weighted by Gasteiger charge is -2.08. The molecule has 0 aliphatic heterocycles. The molecule has 0 spiro atoms. The van der Waals surface area contributed by atoms with Crippen molar-refractivity contribution in [3.63, 3.8) is 0 Å². The Balaban J connectivity index is 1.50. The molecule has 0 saturated carbocycles. The fourth-order valence-corrected chi connectivity index (χ4v) is 3.66. The molecular formula is C24H21N2O5+. The molecule has 1 heterocycles. The molecule has 1 aromatic heterocycles. The van der Waals surface area contributed by atoms with Gasteiger partial charge in [0.1, 0.15) is 0 Å². The summed E-state index contributed by atoms with van der Waals surface area (Å²) in [5.74, 6) is 1.16. The molecular weight excluding hydrogens is 396 g/mol. The number of hydrogen-bond donors (Lipinski definition) is 0. The van der Waals surface area contributed by atoms with Gasteiger partial charge in [0, 0.05) is 47.4 Å². The Morgan fingerprint density at radius 2 is 1.68 bits per heavy atom. The average molecular weight is 417 g/mol. The van der Waals surface area contributed by atoms with Gasteiger partial charge in [-0.05, 0) is 41.5 Å². The number of hydrogen-bond acceptors (Lipinski definition) is 5. The standard InChI is InChI=1S/C24H21N2O5/c1-30-22-13-18-12-19(24(27)21(18)14-23(22)31-2)11-16-7-9-25(10-8-16)15-17-3-5-20(6-4-17)26(28)29/h3-11,13-14H,12,15H2,1-2H3/q+1. The van der Waals surface area contributed by atoms with E-state index in [2.05, 4.69) is 0 Å². The van der Waals surface area contributed by atoms with Crippen molar-refractivity contribution in [2.45, 2.75) is 13.0 Å². The van der Waals surface area contributed by atoms with Crippen LogP contribution >= 0.6 is 0 Å². The second-order valence-electron chi connectivity index (χ2n) is 7.27. The number of carbonyl (C=O) groups excluding carboxylic acids is 1. The summed E-state index contributed by atoms with van der Waals surface area (Å²) in [6, 6.07) is 14.0. The number of rotatable bonds is 6. The maximum Gasteiger partial charge on any atom is 0.269 e. The van der Waals surface area contributed by atoms with E-state index in [1.54, 1.807) is 32.4 Å². The Bertz CT molecular complexity index is 1180. The fourth-order valence-electron chi connectivity index (χ4n) is 3.66. The number of benzene rings is 2. The minimum atomic E-state index is -0.409. The number of pyridine rings is 1. The second-order valence-corrected chi connectivity index (χ2v) is 7.27. The highest BCUT2D eigenvalue weighted by Gasteiger charge is 2.27. The number of methoxy groups -OCH3 is 2. The summed E-state index contributed by atoms with van der Waals surface area (Å²) < 4.78 is 12.6. The zero-order valence-electron chi connectivity index (χ0n) is 17.2. The number of nitrogens with zero attached hydrogens (tertiary/aromatic N) is 2. The Kier molecular flexibility index (Phi) is 5.49. The Hall–Kier alpha value is -4.00. The van der Waals surface area contributed by atoms with Crippen LogP contribution in [0.25, 0.3) is 6.08 Å². The highest BCUT2D eigenvalue weighted by Crippen LogP contribution is 2.36. The largest absolute Gasteiger partial charge is 0.493 e. The van der Waals surface area contributed by atoms with Crippen molar-refractivity contribution in [1.82, 2.24) is 0 Å². The molecule has 4 rings (SSSR count). The van der Waals surface area contributed by atoms with E-state index in [1.807, 2.05) is 41.2 Å². The molecule has 0 amide bonds. The van der Waals surface area contributed by atoms with E-state index in [4.69, 9.17) is 9.47 Å². The normalized spacial score (nSPS) is 13.9. The van der Waals surface area contributed by atoms with E-state index < -0.39 is 4.92 Å². The van der Waals surface area contributed by atoms with E-state index in [0.29, 0.717) is 30.0 Å². The summed E-state index contributed by atoms with van der Waals surface area (Å²) in [7, 11) is 3.13. The van der Waals surface area contributed by atoms with Crippen molar-refractivity contribution in [3.05, 3.63) is 98.9 Å². The van der Waals surface area contributed by atoms with Crippen LogP contribution in [-0.2, 0) is 13.0 Å². The third kappa shape index (κ3) is 4.16. The van der Waals surface area contributed by atoms with Gasteiger partial charge in [-0.15, -0.1) is 0 Å². The topological polar surface area (TPSA) is 82.5 Å². The van der Waals surface area contributed by atoms with Crippen LogP contribution in [0.5, 0.6) is 11.5 Å². The van der Waals surface area contributed by atoms with Crippen LogP contribution in [0.3, 0.4) is 0 Å². The van der Waals surface area contributed by atoms with Gasteiger partial charge in [0.2, 0.25) is 0 Å². The second kappa shape index (κ2) is 8.39. The lowest BCUT2D eigenvalue weighted by atomic mass is 10.1. The number of aromatic nitrogens is 1. The van der Waals surface area contributed by atoms with Crippen LogP contribution in [0.15, 0.2) is 66.5 Å². The first-order valence-corrected chi connectivity index (χ1v) is 9.71. The van der Waals surface area contributed by atoms with Crippen LogP contribution < -0.4 is 14.0 Å². The van der Waals surface area contributed by atoms with Gasteiger partial charge < -0.3 is 9.47 Å². The van der Waals surface area contributed by atoms with E-state index in [-0.39, 0.29) is 11.5 Å². The zero-order valence-corrected chi connectivity index (χ0v) is 17.2. The lowest BCUT2D eigenvalue weighted by molar-refractivity contribution is -0.688.